The number of Topliss-reactive ketones (excluding diaryl/α,β-unsaturated/α-hetero) is 1. The minimum absolute atomic E-state index is 0.0162. The first kappa shape index (κ1) is 45.1. The van der Waals surface area contributed by atoms with Crippen molar-refractivity contribution < 1.29 is 29.3 Å². The number of nitrogens with zero attached hydrogens (tertiary/aromatic N) is 4. The number of carboxylic acid groups (broad SMARTS) is 1. The van der Waals surface area contributed by atoms with Crippen LogP contribution in [0, 0.1) is 56.2 Å². The van der Waals surface area contributed by atoms with Crippen LogP contribution < -0.4 is 0 Å². The Balaban J connectivity index is 1.30. The molecule has 4 fully saturated rings. The molecule has 10 atom stereocenters. The first-order valence-corrected chi connectivity index (χ1v) is 22.5. The molecule has 0 saturated heterocycles. The van der Waals surface area contributed by atoms with E-state index in [1.54, 1.807) is 26.2 Å². The molecule has 2 unspecified atom stereocenters. The van der Waals surface area contributed by atoms with Gasteiger partial charge in [0.15, 0.2) is 5.78 Å². The quantitative estimate of drug-likeness (QED) is 0.186. The van der Waals surface area contributed by atoms with Gasteiger partial charge in [0.05, 0.1) is 29.0 Å². The third kappa shape index (κ3) is 7.40. The fourth-order valence-electron chi connectivity index (χ4n) is 13.8. The van der Waals surface area contributed by atoms with Gasteiger partial charge in [0.1, 0.15) is 11.9 Å². The van der Waals surface area contributed by atoms with E-state index in [-0.39, 0.29) is 57.8 Å². The lowest BCUT2D eigenvalue weighted by molar-refractivity contribution is -0.235. The van der Waals surface area contributed by atoms with Crippen LogP contribution in [0.2, 0.25) is 5.02 Å². The van der Waals surface area contributed by atoms with E-state index in [4.69, 9.17) is 16.3 Å². The highest BCUT2D eigenvalue weighted by Crippen LogP contribution is 2.77. The van der Waals surface area contributed by atoms with Gasteiger partial charge in [-0.3, -0.25) is 19.3 Å². The Hall–Kier alpha value is -2.40. The van der Waals surface area contributed by atoms with E-state index in [1.807, 2.05) is 0 Å². The summed E-state index contributed by atoms with van der Waals surface area (Å²) in [5.74, 6) is 0.541. The predicted molar refractivity (Wildman–Crippen MR) is 227 cm³/mol. The number of carbonyl (C=O) groups is 3. The van der Waals surface area contributed by atoms with Crippen LogP contribution in [0.15, 0.2) is 23.5 Å². The minimum atomic E-state index is -1.18. The molecule has 58 heavy (non-hydrogen) atoms. The molecule has 0 aromatic carbocycles. The summed E-state index contributed by atoms with van der Waals surface area (Å²) in [6.07, 6.45) is 10.1. The lowest BCUT2D eigenvalue weighted by Gasteiger charge is -2.72. The summed E-state index contributed by atoms with van der Waals surface area (Å²) in [5.41, 5.74) is 0.184. The molecule has 6 rings (SSSR count). The monoisotopic (exact) mass is 825 g/mol. The Labute approximate surface area is 353 Å². The lowest BCUT2D eigenvalue weighted by atomic mass is 9.33. The largest absolute Gasteiger partial charge is 0.481 e. The van der Waals surface area contributed by atoms with Gasteiger partial charge < -0.3 is 19.8 Å². The van der Waals surface area contributed by atoms with Crippen molar-refractivity contribution in [3.05, 3.63) is 34.4 Å². The van der Waals surface area contributed by atoms with Gasteiger partial charge in [0.25, 0.3) is 0 Å². The summed E-state index contributed by atoms with van der Waals surface area (Å²) in [5, 5.41) is 22.9. The van der Waals surface area contributed by atoms with E-state index in [2.05, 4.69) is 89.3 Å². The van der Waals surface area contributed by atoms with Crippen molar-refractivity contribution in [1.29, 1.82) is 0 Å². The maximum absolute atomic E-state index is 14.4. The molecule has 0 spiro atoms. The molecule has 0 radical (unpaired) electrons. The van der Waals surface area contributed by atoms with Crippen LogP contribution in [0.5, 0.6) is 0 Å². The van der Waals surface area contributed by atoms with E-state index >= 15 is 0 Å². The first-order chi connectivity index (χ1) is 26.9. The van der Waals surface area contributed by atoms with E-state index < -0.39 is 28.9 Å². The Morgan fingerprint density at radius 2 is 1.59 bits per heavy atom. The molecule has 324 valence electrons. The van der Waals surface area contributed by atoms with Crippen LogP contribution in [0.25, 0.3) is 0 Å². The number of fused-ring (bicyclic) bond motifs is 7. The predicted octanol–water partition coefficient (Wildman–Crippen LogP) is 8.81. The third-order valence-electron chi connectivity index (χ3n) is 17.3. The molecule has 4 saturated carbocycles. The second kappa shape index (κ2) is 15.8. The van der Waals surface area contributed by atoms with E-state index in [1.165, 1.54) is 5.57 Å². The second-order valence-corrected chi connectivity index (χ2v) is 22.2. The van der Waals surface area contributed by atoms with Gasteiger partial charge in [0, 0.05) is 49.3 Å². The van der Waals surface area contributed by atoms with Gasteiger partial charge in [-0.05, 0) is 132 Å². The maximum Gasteiger partial charge on any atom is 0.309 e. The Morgan fingerprint density at radius 1 is 0.931 bits per heavy atom. The zero-order valence-electron chi connectivity index (χ0n) is 37.6. The van der Waals surface area contributed by atoms with Gasteiger partial charge in [-0.15, -0.1) is 0 Å². The lowest BCUT2D eigenvalue weighted by Crippen LogP contribution is -2.66. The molecular weight excluding hydrogens is 752 g/mol. The smallest absolute Gasteiger partial charge is 0.309 e. The number of ketones is 1. The SMILES string of the molecule is CC(C)C1=C2[C@H]3CC[C@@H]4[C@@]5(C)CC[C@H](OC(=O)CC(C)(C)C(=O)O)C(C)(C)[C@@H]5CC[C@@]4(C)[C@]3(C)CCC2(C(O)CN(CCN(C)C)[C@@H](C)c2ncc(Cl)cn2)CC1=O. The molecule has 1 aromatic heterocycles. The molecule has 10 nitrogen and oxygen atoms in total. The normalized spacial score (nSPS) is 35.6. The maximum atomic E-state index is 14.4. The van der Waals surface area contributed by atoms with Crippen LogP contribution in [0.3, 0.4) is 0 Å². The fraction of sp³-hybridized carbons (Fsp3) is 0.809. The van der Waals surface area contributed by atoms with Gasteiger partial charge in [-0.1, -0.05) is 65.6 Å². The number of allylic oxidation sites excluding steroid dienone is 1. The number of rotatable bonds is 13. The number of halogens is 1. The molecular formula is C47H73ClN4O6. The number of aliphatic carboxylic acids is 1. The molecule has 5 aliphatic carbocycles. The molecule has 1 heterocycles. The van der Waals surface area contributed by atoms with Crippen LogP contribution in [0.4, 0.5) is 0 Å². The average molecular weight is 826 g/mol. The summed E-state index contributed by atoms with van der Waals surface area (Å²) < 4.78 is 6.20. The standard InChI is InChI=1S/C47H73ClN4O6/c1-28(2)38-32(53)23-47(35(54)27-52(22-21-51(11)12)29(3)40-49-25-30(48)26-50-40)20-19-45(9)31(39(38)47)13-14-34-44(8)17-16-36(58-37(55)24-42(4,5)41(56)57)43(6,7)33(44)15-18-46(34,45)10/h25-26,28-29,31,33-36,54H,13-24,27H2,1-12H3,(H,56,57)/t29-,31+,33-,34+,35?,36-,44-,45+,46+,47?/m0/s1. The van der Waals surface area contributed by atoms with Crippen molar-refractivity contribution in [2.45, 2.75) is 152 Å². The van der Waals surface area contributed by atoms with Gasteiger partial charge in [-0.25, -0.2) is 9.97 Å². The number of aliphatic hydroxyl groups is 1. The number of carbonyl (C=O) groups excluding carboxylic acids is 2. The zero-order valence-corrected chi connectivity index (χ0v) is 38.3. The van der Waals surface area contributed by atoms with Crippen LogP contribution in [0.1, 0.15) is 145 Å². The summed E-state index contributed by atoms with van der Waals surface area (Å²) in [7, 11) is 4.12. The molecule has 0 bridgehead atoms. The van der Waals surface area contributed by atoms with Crippen molar-refractivity contribution >= 4 is 29.3 Å². The van der Waals surface area contributed by atoms with Gasteiger partial charge >= 0.3 is 11.9 Å². The number of esters is 1. The van der Waals surface area contributed by atoms with Crippen molar-refractivity contribution in [1.82, 2.24) is 19.8 Å². The fourth-order valence-corrected chi connectivity index (χ4v) is 13.9. The highest BCUT2D eigenvalue weighted by atomic mass is 35.5. The average Bonchev–Trinajstić information content (AvgIpc) is 3.44. The number of aliphatic hydroxyl groups excluding tert-OH is 1. The molecule has 2 N–H and O–H groups in total. The van der Waals surface area contributed by atoms with Crippen molar-refractivity contribution in [3.8, 4) is 0 Å². The number of likely N-dealkylation sites (N-methyl/N-ethyl adjacent to an activating group) is 1. The summed E-state index contributed by atoms with van der Waals surface area (Å²) in [6, 6.07) is -0.157. The van der Waals surface area contributed by atoms with Crippen molar-refractivity contribution in [2.24, 2.45) is 56.2 Å². The molecule has 0 amide bonds. The molecule has 0 aliphatic heterocycles. The van der Waals surface area contributed by atoms with E-state index in [0.29, 0.717) is 42.2 Å². The summed E-state index contributed by atoms with van der Waals surface area (Å²) >= 11 is 6.16. The molecule has 5 aliphatic rings. The van der Waals surface area contributed by atoms with Gasteiger partial charge in [-0.2, -0.15) is 0 Å². The van der Waals surface area contributed by atoms with Gasteiger partial charge in [0.2, 0.25) is 0 Å². The van der Waals surface area contributed by atoms with Crippen molar-refractivity contribution in [3.63, 3.8) is 0 Å². The Kier molecular flexibility index (Phi) is 12.3. The van der Waals surface area contributed by atoms with E-state index in [0.717, 1.165) is 63.5 Å². The molecule has 1 aromatic rings. The highest BCUT2D eigenvalue weighted by molar-refractivity contribution is 6.30. The number of hydrogen-bond acceptors (Lipinski definition) is 9. The first-order valence-electron chi connectivity index (χ1n) is 22.1. The third-order valence-corrected chi connectivity index (χ3v) is 17.5. The van der Waals surface area contributed by atoms with Crippen LogP contribution in [-0.2, 0) is 19.1 Å². The topological polar surface area (TPSA) is 133 Å². The Morgan fingerprint density at radius 3 is 2.19 bits per heavy atom. The number of aromatic nitrogens is 2. The second-order valence-electron chi connectivity index (χ2n) is 21.8. The van der Waals surface area contributed by atoms with Crippen molar-refractivity contribution in [2.75, 3.05) is 33.7 Å². The minimum Gasteiger partial charge on any atom is -0.481 e. The Bertz CT molecular complexity index is 1780. The highest BCUT2D eigenvalue weighted by Gasteiger charge is 2.71. The van der Waals surface area contributed by atoms with E-state index in [9.17, 15) is 24.6 Å². The number of ether oxygens (including phenoxy) is 1. The number of hydrogen-bond donors (Lipinski definition) is 2. The zero-order chi connectivity index (χ0) is 43.0. The number of carboxylic acids is 1. The molecule has 11 heteroatoms. The van der Waals surface area contributed by atoms with Crippen LogP contribution >= 0.6 is 11.6 Å². The van der Waals surface area contributed by atoms with Crippen LogP contribution in [-0.4, -0.2) is 93.6 Å². The summed E-state index contributed by atoms with van der Waals surface area (Å²) in [6.45, 7) is 23.7. The summed E-state index contributed by atoms with van der Waals surface area (Å²) in [4.78, 5) is 52.9.